The van der Waals surface area contributed by atoms with Gasteiger partial charge < -0.3 is 15.8 Å². The van der Waals surface area contributed by atoms with Crippen LogP contribution in [0.15, 0.2) is 42.5 Å². The topological polar surface area (TPSA) is 81.4 Å². The van der Waals surface area contributed by atoms with Gasteiger partial charge in [-0.05, 0) is 30.3 Å². The Bertz CT molecular complexity index is 720. The zero-order chi connectivity index (χ0) is 16.1. The second kappa shape index (κ2) is 6.66. The molecule has 0 heterocycles. The fourth-order valence-electron chi connectivity index (χ4n) is 1.66. The minimum atomic E-state index is -1.11. The molecule has 0 bridgehead atoms. The van der Waals surface area contributed by atoms with Crippen LogP contribution in [0.4, 0.5) is 14.5 Å². The van der Waals surface area contributed by atoms with Crippen LogP contribution >= 0.6 is 0 Å². The Labute approximate surface area is 124 Å². The van der Waals surface area contributed by atoms with Crippen LogP contribution in [0.5, 0.6) is 5.75 Å². The molecule has 0 unspecified atom stereocenters. The van der Waals surface area contributed by atoms with Crippen LogP contribution in [-0.2, 0) is 4.79 Å². The van der Waals surface area contributed by atoms with Gasteiger partial charge >= 0.3 is 0 Å². The Kier molecular flexibility index (Phi) is 4.67. The number of anilines is 1. The molecule has 22 heavy (non-hydrogen) atoms. The highest BCUT2D eigenvalue weighted by Gasteiger charge is 2.10. The van der Waals surface area contributed by atoms with Crippen molar-refractivity contribution in [1.82, 2.24) is 0 Å². The molecule has 0 radical (unpaired) electrons. The molecule has 0 saturated heterocycles. The monoisotopic (exact) mass is 306 g/mol. The maximum atomic E-state index is 13.1. The minimum absolute atomic E-state index is 0.0256. The fourth-order valence-corrected chi connectivity index (χ4v) is 1.66. The highest BCUT2D eigenvalue weighted by atomic mass is 19.2. The molecule has 0 aliphatic rings. The van der Waals surface area contributed by atoms with Crippen molar-refractivity contribution < 1.29 is 23.1 Å². The first-order valence-corrected chi connectivity index (χ1v) is 6.23. The van der Waals surface area contributed by atoms with Gasteiger partial charge in [0.25, 0.3) is 11.8 Å². The van der Waals surface area contributed by atoms with Gasteiger partial charge in [0.15, 0.2) is 18.2 Å². The Hall–Kier alpha value is -2.96. The third-order valence-corrected chi connectivity index (χ3v) is 2.65. The van der Waals surface area contributed by atoms with Gasteiger partial charge in [-0.25, -0.2) is 8.78 Å². The number of carbonyl (C=O) groups excluding carboxylic acids is 2. The lowest BCUT2D eigenvalue weighted by Gasteiger charge is -2.08. The van der Waals surface area contributed by atoms with Gasteiger partial charge in [-0.15, -0.1) is 0 Å². The smallest absolute Gasteiger partial charge is 0.255 e. The molecule has 2 aromatic carbocycles. The fraction of sp³-hybridized carbons (Fsp3) is 0.0667. The Morgan fingerprint density at radius 1 is 1.09 bits per heavy atom. The lowest BCUT2D eigenvalue weighted by molar-refractivity contribution is -0.119. The first kappa shape index (κ1) is 15.4. The molecule has 3 N–H and O–H groups in total. The molecule has 2 amide bonds. The number of ether oxygens (including phenoxy) is 1. The number of primary amides is 1. The molecular formula is C15H12F2N2O3. The molecule has 5 nitrogen and oxygen atoms in total. The third-order valence-electron chi connectivity index (χ3n) is 2.65. The number of benzene rings is 2. The van der Waals surface area contributed by atoms with E-state index < -0.39 is 23.4 Å². The lowest BCUT2D eigenvalue weighted by atomic mass is 10.2. The van der Waals surface area contributed by atoms with Gasteiger partial charge in [0.2, 0.25) is 0 Å². The van der Waals surface area contributed by atoms with Crippen molar-refractivity contribution in [1.29, 1.82) is 0 Å². The van der Waals surface area contributed by atoms with E-state index in [0.717, 1.165) is 12.1 Å². The van der Waals surface area contributed by atoms with Gasteiger partial charge in [-0.3, -0.25) is 9.59 Å². The van der Waals surface area contributed by atoms with Crippen LogP contribution in [-0.4, -0.2) is 18.4 Å². The quantitative estimate of drug-likeness (QED) is 0.887. The van der Waals surface area contributed by atoms with Crippen molar-refractivity contribution in [3.05, 3.63) is 59.7 Å². The number of rotatable bonds is 5. The van der Waals surface area contributed by atoms with E-state index in [0.29, 0.717) is 11.4 Å². The van der Waals surface area contributed by atoms with E-state index >= 15 is 0 Å². The predicted octanol–water partition coefficient (Wildman–Crippen LogP) is 2.08. The van der Waals surface area contributed by atoms with E-state index in [1.165, 1.54) is 12.1 Å². The second-order valence-corrected chi connectivity index (χ2v) is 4.37. The highest BCUT2D eigenvalue weighted by Crippen LogP contribution is 2.18. The number of hydrogen-bond acceptors (Lipinski definition) is 3. The largest absolute Gasteiger partial charge is 0.484 e. The number of nitrogens with two attached hydrogens (primary N) is 1. The van der Waals surface area contributed by atoms with Crippen LogP contribution < -0.4 is 15.8 Å². The van der Waals surface area contributed by atoms with E-state index in [9.17, 15) is 18.4 Å². The third kappa shape index (κ3) is 4.02. The van der Waals surface area contributed by atoms with E-state index in [1.54, 1.807) is 18.2 Å². The van der Waals surface area contributed by atoms with Crippen LogP contribution in [0.1, 0.15) is 10.4 Å². The first-order valence-electron chi connectivity index (χ1n) is 6.23. The van der Waals surface area contributed by atoms with Crippen LogP contribution in [0.2, 0.25) is 0 Å². The van der Waals surface area contributed by atoms with Gasteiger partial charge in [0, 0.05) is 17.3 Å². The molecule has 0 atom stereocenters. The summed E-state index contributed by atoms with van der Waals surface area (Å²) in [4.78, 5) is 22.6. The number of nitrogens with one attached hydrogen (secondary N) is 1. The molecule has 0 aliphatic carbocycles. The maximum absolute atomic E-state index is 13.1. The van der Waals surface area contributed by atoms with Crippen LogP contribution in [0.3, 0.4) is 0 Å². The minimum Gasteiger partial charge on any atom is -0.484 e. The molecule has 0 aromatic heterocycles. The Morgan fingerprint density at radius 2 is 1.86 bits per heavy atom. The molecule has 0 spiro atoms. The standard InChI is InChI=1S/C15H12F2N2O3/c16-12-5-4-9(6-13(12)17)15(21)19-10-2-1-3-11(7-10)22-8-14(18)20/h1-7H,8H2,(H2,18,20)(H,19,21). The van der Waals surface area contributed by atoms with Crippen LogP contribution in [0, 0.1) is 11.6 Å². The van der Waals surface area contributed by atoms with Gasteiger partial charge in [-0.1, -0.05) is 6.07 Å². The van der Waals surface area contributed by atoms with Crippen molar-refractivity contribution in [2.24, 2.45) is 5.73 Å². The molecule has 7 heteroatoms. The highest BCUT2D eigenvalue weighted by molar-refractivity contribution is 6.04. The average molecular weight is 306 g/mol. The molecule has 0 fully saturated rings. The summed E-state index contributed by atoms with van der Waals surface area (Å²) in [6, 6.07) is 9.07. The zero-order valence-corrected chi connectivity index (χ0v) is 11.3. The lowest BCUT2D eigenvalue weighted by Crippen LogP contribution is -2.20. The van der Waals surface area contributed by atoms with Crippen molar-refractivity contribution in [3.63, 3.8) is 0 Å². The number of carbonyl (C=O) groups is 2. The molecule has 114 valence electrons. The summed E-state index contributed by atoms with van der Waals surface area (Å²) < 4.78 is 31.0. The normalized spacial score (nSPS) is 10.1. The molecular weight excluding hydrogens is 294 g/mol. The number of amides is 2. The molecule has 2 rings (SSSR count). The van der Waals surface area contributed by atoms with Gasteiger partial charge in [0.1, 0.15) is 5.75 Å². The summed E-state index contributed by atoms with van der Waals surface area (Å²) in [5, 5.41) is 2.51. The second-order valence-electron chi connectivity index (χ2n) is 4.37. The Morgan fingerprint density at radius 3 is 2.55 bits per heavy atom. The number of hydrogen-bond donors (Lipinski definition) is 2. The van der Waals surface area contributed by atoms with Gasteiger partial charge in [-0.2, -0.15) is 0 Å². The van der Waals surface area contributed by atoms with Crippen molar-refractivity contribution in [3.8, 4) is 5.75 Å². The molecule has 0 aliphatic heterocycles. The predicted molar refractivity (Wildman–Crippen MR) is 75.4 cm³/mol. The van der Waals surface area contributed by atoms with Crippen molar-refractivity contribution in [2.45, 2.75) is 0 Å². The van der Waals surface area contributed by atoms with Crippen molar-refractivity contribution >= 4 is 17.5 Å². The summed E-state index contributed by atoms with van der Waals surface area (Å²) in [6.45, 7) is -0.291. The molecule has 0 saturated carbocycles. The number of halogens is 2. The van der Waals surface area contributed by atoms with E-state index in [-0.39, 0.29) is 12.2 Å². The average Bonchev–Trinajstić information content (AvgIpc) is 2.48. The van der Waals surface area contributed by atoms with Gasteiger partial charge in [0.05, 0.1) is 0 Å². The van der Waals surface area contributed by atoms with E-state index in [2.05, 4.69) is 5.32 Å². The van der Waals surface area contributed by atoms with E-state index in [4.69, 9.17) is 10.5 Å². The van der Waals surface area contributed by atoms with Crippen molar-refractivity contribution in [2.75, 3.05) is 11.9 Å². The first-order chi connectivity index (χ1) is 10.5. The summed E-state index contributed by atoms with van der Waals surface area (Å²) in [5.41, 5.74) is 5.31. The summed E-state index contributed by atoms with van der Waals surface area (Å²) in [7, 11) is 0. The van der Waals surface area contributed by atoms with Crippen LogP contribution in [0.25, 0.3) is 0 Å². The Balaban J connectivity index is 2.09. The zero-order valence-electron chi connectivity index (χ0n) is 11.3. The summed E-state index contributed by atoms with van der Waals surface area (Å²) >= 11 is 0. The summed E-state index contributed by atoms with van der Waals surface area (Å²) in [6.07, 6.45) is 0. The maximum Gasteiger partial charge on any atom is 0.255 e. The molecule has 2 aromatic rings. The van der Waals surface area contributed by atoms with E-state index in [1.807, 2.05) is 0 Å². The SMILES string of the molecule is NC(=O)COc1cccc(NC(=O)c2ccc(F)c(F)c2)c1. The summed E-state index contributed by atoms with van der Waals surface area (Å²) in [5.74, 6) is -3.03.